The topological polar surface area (TPSA) is 35.2 Å². The van der Waals surface area contributed by atoms with Crippen molar-refractivity contribution in [2.45, 2.75) is 13.5 Å². The van der Waals surface area contributed by atoms with Crippen LogP contribution in [0.5, 0.6) is 0 Å². The summed E-state index contributed by atoms with van der Waals surface area (Å²) in [5.74, 6) is 4.61. The van der Waals surface area contributed by atoms with Gasteiger partial charge in [0.1, 0.15) is 5.82 Å². The molecule has 0 amide bonds. The SMILES string of the molecule is Cc1c(F)cc(CON)cc1Br. The van der Waals surface area contributed by atoms with E-state index in [2.05, 4.69) is 20.8 Å². The van der Waals surface area contributed by atoms with Gasteiger partial charge < -0.3 is 0 Å². The van der Waals surface area contributed by atoms with Crippen LogP contribution in [0.3, 0.4) is 0 Å². The first kappa shape index (κ1) is 9.64. The monoisotopic (exact) mass is 233 g/mol. The van der Waals surface area contributed by atoms with Gasteiger partial charge in [0.05, 0.1) is 6.61 Å². The van der Waals surface area contributed by atoms with Crippen molar-refractivity contribution in [3.63, 3.8) is 0 Å². The molecule has 12 heavy (non-hydrogen) atoms. The number of halogens is 2. The standard InChI is InChI=1S/C8H9BrFNO/c1-5-7(9)2-6(4-12-11)3-8(5)10/h2-3H,4,11H2,1H3. The zero-order valence-corrected chi connectivity index (χ0v) is 8.19. The minimum Gasteiger partial charge on any atom is -0.300 e. The Morgan fingerprint density at radius 3 is 2.75 bits per heavy atom. The normalized spacial score (nSPS) is 10.3. The van der Waals surface area contributed by atoms with Crippen LogP contribution < -0.4 is 5.90 Å². The van der Waals surface area contributed by atoms with Gasteiger partial charge in [-0.3, -0.25) is 4.84 Å². The minimum atomic E-state index is -0.253. The molecule has 0 aliphatic rings. The summed E-state index contributed by atoms with van der Waals surface area (Å²) in [6.07, 6.45) is 0. The molecule has 2 N–H and O–H groups in total. The van der Waals surface area contributed by atoms with Crippen LogP contribution in [0.1, 0.15) is 11.1 Å². The molecule has 0 spiro atoms. The second kappa shape index (κ2) is 3.98. The molecule has 0 saturated heterocycles. The first-order chi connectivity index (χ1) is 5.65. The average molecular weight is 234 g/mol. The summed E-state index contributed by atoms with van der Waals surface area (Å²) in [5.41, 5.74) is 1.31. The maximum Gasteiger partial charge on any atom is 0.127 e. The van der Waals surface area contributed by atoms with E-state index in [4.69, 9.17) is 5.90 Å². The molecule has 1 rings (SSSR count). The molecular weight excluding hydrogens is 225 g/mol. The zero-order valence-electron chi connectivity index (χ0n) is 6.60. The Morgan fingerprint density at radius 2 is 2.25 bits per heavy atom. The van der Waals surface area contributed by atoms with Gasteiger partial charge in [0.2, 0.25) is 0 Å². The van der Waals surface area contributed by atoms with Crippen LogP contribution in [-0.4, -0.2) is 0 Å². The molecule has 1 aromatic carbocycles. The lowest BCUT2D eigenvalue weighted by atomic mass is 10.1. The van der Waals surface area contributed by atoms with Gasteiger partial charge in [-0.15, -0.1) is 0 Å². The quantitative estimate of drug-likeness (QED) is 0.796. The average Bonchev–Trinajstić information content (AvgIpc) is 2.01. The molecule has 0 aliphatic carbocycles. The van der Waals surface area contributed by atoms with Crippen LogP contribution in [0.2, 0.25) is 0 Å². The number of hydrogen-bond donors (Lipinski definition) is 1. The molecule has 66 valence electrons. The Balaban J connectivity index is 3.04. The predicted octanol–water partition coefficient (Wildman–Crippen LogP) is 2.29. The summed E-state index contributed by atoms with van der Waals surface area (Å²) in [6.45, 7) is 1.92. The van der Waals surface area contributed by atoms with Gasteiger partial charge in [-0.05, 0) is 30.2 Å². The Morgan fingerprint density at radius 1 is 1.58 bits per heavy atom. The second-order valence-electron chi connectivity index (χ2n) is 2.50. The van der Waals surface area contributed by atoms with E-state index in [9.17, 15) is 4.39 Å². The zero-order chi connectivity index (χ0) is 9.14. The molecule has 2 nitrogen and oxygen atoms in total. The summed E-state index contributed by atoms with van der Waals surface area (Å²) in [7, 11) is 0. The van der Waals surface area contributed by atoms with Crippen molar-refractivity contribution in [3.8, 4) is 0 Å². The first-order valence-corrected chi connectivity index (χ1v) is 4.20. The lowest BCUT2D eigenvalue weighted by Gasteiger charge is -2.03. The van der Waals surface area contributed by atoms with Crippen molar-refractivity contribution in [1.29, 1.82) is 0 Å². The molecule has 4 heteroatoms. The second-order valence-corrected chi connectivity index (χ2v) is 3.35. The van der Waals surface area contributed by atoms with Crippen molar-refractivity contribution in [1.82, 2.24) is 0 Å². The molecule has 0 atom stereocenters. The molecule has 0 unspecified atom stereocenters. The molecule has 0 radical (unpaired) electrons. The molecule has 1 aromatic rings. The fourth-order valence-electron chi connectivity index (χ4n) is 0.877. The van der Waals surface area contributed by atoms with Crippen LogP contribution in [0, 0.1) is 12.7 Å². The van der Waals surface area contributed by atoms with Crippen molar-refractivity contribution in [2.75, 3.05) is 0 Å². The van der Waals surface area contributed by atoms with E-state index in [1.54, 1.807) is 13.0 Å². The van der Waals surface area contributed by atoms with Crippen LogP contribution >= 0.6 is 15.9 Å². The Hall–Kier alpha value is -0.450. The largest absolute Gasteiger partial charge is 0.300 e. The van der Waals surface area contributed by atoms with Crippen LogP contribution in [-0.2, 0) is 11.4 Å². The highest BCUT2D eigenvalue weighted by molar-refractivity contribution is 9.10. The van der Waals surface area contributed by atoms with E-state index in [0.717, 1.165) is 4.47 Å². The van der Waals surface area contributed by atoms with Crippen molar-refractivity contribution < 1.29 is 9.23 Å². The minimum absolute atomic E-state index is 0.218. The summed E-state index contributed by atoms with van der Waals surface area (Å²) in [5, 5.41) is 0. The molecule has 0 aromatic heterocycles. The summed E-state index contributed by atoms with van der Waals surface area (Å²) < 4.78 is 13.8. The number of hydrogen-bond acceptors (Lipinski definition) is 2. The Labute approximate surface area is 78.6 Å². The highest BCUT2D eigenvalue weighted by Gasteiger charge is 2.04. The highest BCUT2D eigenvalue weighted by Crippen LogP contribution is 2.21. The lowest BCUT2D eigenvalue weighted by molar-refractivity contribution is 0.124. The smallest absolute Gasteiger partial charge is 0.127 e. The van der Waals surface area contributed by atoms with E-state index >= 15 is 0 Å². The van der Waals surface area contributed by atoms with E-state index in [1.165, 1.54) is 6.07 Å². The van der Waals surface area contributed by atoms with Crippen LogP contribution in [0.25, 0.3) is 0 Å². The lowest BCUT2D eigenvalue weighted by Crippen LogP contribution is -2.00. The molecule has 0 bridgehead atoms. The van der Waals surface area contributed by atoms with E-state index in [1.807, 2.05) is 0 Å². The fraction of sp³-hybridized carbons (Fsp3) is 0.250. The van der Waals surface area contributed by atoms with Crippen LogP contribution in [0.15, 0.2) is 16.6 Å². The van der Waals surface area contributed by atoms with Crippen molar-refractivity contribution >= 4 is 15.9 Å². The number of nitrogens with two attached hydrogens (primary N) is 1. The maximum absolute atomic E-state index is 13.0. The third-order valence-electron chi connectivity index (χ3n) is 1.59. The van der Waals surface area contributed by atoms with Gasteiger partial charge in [0, 0.05) is 4.47 Å². The highest BCUT2D eigenvalue weighted by atomic mass is 79.9. The van der Waals surface area contributed by atoms with Crippen LogP contribution in [0.4, 0.5) is 4.39 Å². The molecular formula is C8H9BrFNO. The Bertz CT molecular complexity index is 267. The van der Waals surface area contributed by atoms with Gasteiger partial charge >= 0.3 is 0 Å². The maximum atomic E-state index is 13.0. The number of rotatable bonds is 2. The van der Waals surface area contributed by atoms with E-state index in [0.29, 0.717) is 11.1 Å². The van der Waals surface area contributed by atoms with E-state index in [-0.39, 0.29) is 12.4 Å². The number of benzene rings is 1. The summed E-state index contributed by atoms with van der Waals surface area (Å²) in [4.78, 5) is 4.39. The molecule has 0 fully saturated rings. The summed E-state index contributed by atoms with van der Waals surface area (Å²) >= 11 is 3.23. The van der Waals surface area contributed by atoms with E-state index < -0.39 is 0 Å². The van der Waals surface area contributed by atoms with Crippen molar-refractivity contribution in [2.24, 2.45) is 5.90 Å². The predicted molar refractivity (Wildman–Crippen MR) is 47.8 cm³/mol. The molecule has 0 aliphatic heterocycles. The summed E-state index contributed by atoms with van der Waals surface area (Å²) in [6, 6.07) is 3.19. The van der Waals surface area contributed by atoms with Gasteiger partial charge in [-0.25, -0.2) is 10.3 Å². The molecule has 0 heterocycles. The van der Waals surface area contributed by atoms with Gasteiger partial charge in [-0.2, -0.15) is 0 Å². The van der Waals surface area contributed by atoms with Crippen molar-refractivity contribution in [3.05, 3.63) is 33.5 Å². The van der Waals surface area contributed by atoms with Gasteiger partial charge in [-0.1, -0.05) is 15.9 Å². The third kappa shape index (κ3) is 2.03. The third-order valence-corrected chi connectivity index (χ3v) is 2.41. The Kier molecular flexibility index (Phi) is 3.20. The van der Waals surface area contributed by atoms with Gasteiger partial charge in [0.25, 0.3) is 0 Å². The first-order valence-electron chi connectivity index (χ1n) is 3.41. The molecule has 0 saturated carbocycles. The van der Waals surface area contributed by atoms with Gasteiger partial charge in [0.15, 0.2) is 0 Å². The fourth-order valence-corrected chi connectivity index (χ4v) is 1.36.